The zero-order valence-corrected chi connectivity index (χ0v) is 12.7. The van der Waals surface area contributed by atoms with Crippen LogP contribution in [0.1, 0.15) is 26.3 Å². The number of hydrogen-bond donors (Lipinski definition) is 3. The Balaban J connectivity index is 1.94. The van der Waals surface area contributed by atoms with E-state index in [4.69, 9.17) is 5.73 Å². The molecule has 4 N–H and O–H groups in total. The molecule has 0 fully saturated rings. The summed E-state index contributed by atoms with van der Waals surface area (Å²) in [6.07, 6.45) is 1.72. The Morgan fingerprint density at radius 3 is 2.48 bits per heavy atom. The van der Waals surface area contributed by atoms with Gasteiger partial charge in [0, 0.05) is 12.7 Å². The maximum Gasteiger partial charge on any atom is 0.237 e. The van der Waals surface area contributed by atoms with E-state index in [1.807, 2.05) is 51.1 Å². The highest BCUT2D eigenvalue weighted by Gasteiger charge is 2.26. The minimum Gasteiger partial charge on any atom is -0.351 e. The van der Waals surface area contributed by atoms with Crippen molar-refractivity contribution in [3.8, 4) is 11.3 Å². The minimum atomic E-state index is -0.512. The Bertz CT molecular complexity index is 582. The van der Waals surface area contributed by atoms with E-state index in [1.54, 1.807) is 6.20 Å². The quantitative estimate of drug-likeness (QED) is 0.804. The maximum absolute atomic E-state index is 12.0. The summed E-state index contributed by atoms with van der Waals surface area (Å²) in [5.74, 6) is -0.125. The maximum atomic E-state index is 12.0. The van der Waals surface area contributed by atoms with E-state index in [1.165, 1.54) is 0 Å². The molecule has 21 heavy (non-hydrogen) atoms. The van der Waals surface area contributed by atoms with E-state index in [-0.39, 0.29) is 11.3 Å². The summed E-state index contributed by atoms with van der Waals surface area (Å²) < 4.78 is 0. The number of carbonyl (C=O) groups is 1. The van der Waals surface area contributed by atoms with Crippen molar-refractivity contribution in [3.05, 3.63) is 42.1 Å². The number of aromatic amines is 1. The van der Waals surface area contributed by atoms with E-state index in [0.29, 0.717) is 6.54 Å². The van der Waals surface area contributed by atoms with Crippen LogP contribution in [-0.4, -0.2) is 22.1 Å². The van der Waals surface area contributed by atoms with Crippen LogP contribution in [0.2, 0.25) is 0 Å². The summed E-state index contributed by atoms with van der Waals surface area (Å²) in [4.78, 5) is 12.0. The molecule has 0 unspecified atom stereocenters. The molecule has 0 bridgehead atoms. The molecule has 112 valence electrons. The topological polar surface area (TPSA) is 83.8 Å². The van der Waals surface area contributed by atoms with Gasteiger partial charge in [-0.15, -0.1) is 0 Å². The van der Waals surface area contributed by atoms with E-state index in [2.05, 4.69) is 15.5 Å². The fourth-order valence-electron chi connectivity index (χ4n) is 1.91. The van der Waals surface area contributed by atoms with Gasteiger partial charge >= 0.3 is 0 Å². The number of nitrogens with two attached hydrogens (primary N) is 1. The molecule has 0 radical (unpaired) electrons. The number of aromatic nitrogens is 2. The van der Waals surface area contributed by atoms with Gasteiger partial charge in [0.15, 0.2) is 0 Å². The van der Waals surface area contributed by atoms with Gasteiger partial charge in [0.1, 0.15) is 0 Å². The lowest BCUT2D eigenvalue weighted by Gasteiger charge is -2.25. The van der Waals surface area contributed by atoms with E-state index < -0.39 is 6.04 Å². The predicted molar refractivity (Wildman–Crippen MR) is 83.3 cm³/mol. The first-order valence-corrected chi connectivity index (χ1v) is 7.00. The number of rotatable bonds is 4. The average molecular weight is 286 g/mol. The van der Waals surface area contributed by atoms with E-state index in [9.17, 15) is 4.79 Å². The highest BCUT2D eigenvalue weighted by molar-refractivity contribution is 5.82. The van der Waals surface area contributed by atoms with Crippen molar-refractivity contribution < 1.29 is 4.79 Å². The first-order valence-electron chi connectivity index (χ1n) is 7.00. The Kier molecular flexibility index (Phi) is 4.43. The summed E-state index contributed by atoms with van der Waals surface area (Å²) in [5.41, 5.74) is 8.75. The van der Waals surface area contributed by atoms with Crippen molar-refractivity contribution in [3.63, 3.8) is 0 Å². The first-order chi connectivity index (χ1) is 9.88. The number of nitrogens with zero attached hydrogens (tertiary/aromatic N) is 1. The van der Waals surface area contributed by atoms with Gasteiger partial charge in [-0.1, -0.05) is 45.0 Å². The summed E-state index contributed by atoms with van der Waals surface area (Å²) in [7, 11) is 0. The zero-order chi connectivity index (χ0) is 15.5. The molecule has 1 heterocycles. The second-order valence-corrected chi connectivity index (χ2v) is 6.23. The third kappa shape index (κ3) is 3.92. The van der Waals surface area contributed by atoms with Crippen LogP contribution in [0.5, 0.6) is 0 Å². The molecule has 2 rings (SSSR count). The Morgan fingerprint density at radius 2 is 1.95 bits per heavy atom. The van der Waals surface area contributed by atoms with E-state index >= 15 is 0 Å². The zero-order valence-electron chi connectivity index (χ0n) is 12.7. The first kappa shape index (κ1) is 15.3. The van der Waals surface area contributed by atoms with Crippen LogP contribution in [0.15, 0.2) is 36.5 Å². The Morgan fingerprint density at radius 1 is 1.29 bits per heavy atom. The molecule has 0 aliphatic rings. The lowest BCUT2D eigenvalue weighted by atomic mass is 9.87. The third-order valence-corrected chi connectivity index (χ3v) is 3.45. The highest BCUT2D eigenvalue weighted by Crippen LogP contribution is 2.18. The molecular weight excluding hydrogens is 264 g/mol. The average Bonchev–Trinajstić information content (AvgIpc) is 2.97. The van der Waals surface area contributed by atoms with Gasteiger partial charge in [-0.25, -0.2) is 0 Å². The summed E-state index contributed by atoms with van der Waals surface area (Å²) in [6, 6.07) is 9.37. The smallest absolute Gasteiger partial charge is 0.237 e. The van der Waals surface area contributed by atoms with Crippen LogP contribution in [0.25, 0.3) is 11.3 Å². The van der Waals surface area contributed by atoms with Gasteiger partial charge < -0.3 is 11.1 Å². The Hall–Kier alpha value is -2.14. The van der Waals surface area contributed by atoms with Gasteiger partial charge in [0.25, 0.3) is 0 Å². The molecular formula is C16H22N4O. The second-order valence-electron chi connectivity index (χ2n) is 6.23. The second kappa shape index (κ2) is 6.10. The molecule has 2 aromatic rings. The van der Waals surface area contributed by atoms with Crippen LogP contribution < -0.4 is 11.1 Å². The van der Waals surface area contributed by atoms with Crippen LogP contribution in [-0.2, 0) is 11.3 Å². The van der Waals surface area contributed by atoms with Gasteiger partial charge in [-0.05, 0) is 22.6 Å². The van der Waals surface area contributed by atoms with Crippen molar-refractivity contribution >= 4 is 5.91 Å². The largest absolute Gasteiger partial charge is 0.351 e. The van der Waals surface area contributed by atoms with E-state index in [0.717, 1.165) is 16.8 Å². The van der Waals surface area contributed by atoms with Gasteiger partial charge in [-0.2, -0.15) is 5.10 Å². The molecule has 0 saturated heterocycles. The summed E-state index contributed by atoms with van der Waals surface area (Å²) in [6.45, 7) is 6.34. The molecule has 5 heteroatoms. The lowest BCUT2D eigenvalue weighted by molar-refractivity contribution is -0.124. The molecule has 1 atom stereocenters. The van der Waals surface area contributed by atoms with Crippen molar-refractivity contribution in [2.45, 2.75) is 33.4 Å². The predicted octanol–water partition coefficient (Wildman–Crippen LogP) is 2.07. The number of amides is 1. The van der Waals surface area contributed by atoms with Crippen LogP contribution >= 0.6 is 0 Å². The molecule has 0 spiro atoms. The number of nitrogens with one attached hydrogen (secondary N) is 2. The summed E-state index contributed by atoms with van der Waals surface area (Å²) in [5, 5.41) is 9.72. The number of H-pyrrole nitrogens is 1. The molecule has 5 nitrogen and oxygen atoms in total. The molecule has 0 saturated carbocycles. The van der Waals surface area contributed by atoms with Gasteiger partial charge in [0.2, 0.25) is 5.91 Å². The molecule has 1 aromatic heterocycles. The lowest BCUT2D eigenvalue weighted by Crippen LogP contribution is -2.48. The highest BCUT2D eigenvalue weighted by atomic mass is 16.2. The van der Waals surface area contributed by atoms with Crippen LogP contribution in [0, 0.1) is 5.41 Å². The number of carbonyl (C=O) groups excluding carboxylic acids is 1. The summed E-state index contributed by atoms with van der Waals surface area (Å²) >= 11 is 0. The standard InChI is InChI=1S/C16H22N4O/c1-16(2,3)14(17)15(21)18-10-11-4-6-12(7-5-11)13-8-9-19-20-13/h4-9,14H,10,17H2,1-3H3,(H,18,21)(H,19,20)/t14-/m0/s1. The normalized spacial score (nSPS) is 13.0. The number of hydrogen-bond acceptors (Lipinski definition) is 3. The fourth-order valence-corrected chi connectivity index (χ4v) is 1.91. The molecule has 1 aromatic carbocycles. The van der Waals surface area contributed by atoms with Crippen molar-refractivity contribution in [1.29, 1.82) is 0 Å². The van der Waals surface area contributed by atoms with Crippen LogP contribution in [0.4, 0.5) is 0 Å². The van der Waals surface area contributed by atoms with Gasteiger partial charge in [0.05, 0.1) is 11.7 Å². The minimum absolute atomic E-state index is 0.125. The molecule has 0 aliphatic carbocycles. The third-order valence-electron chi connectivity index (χ3n) is 3.45. The van der Waals surface area contributed by atoms with Crippen molar-refractivity contribution in [2.24, 2.45) is 11.1 Å². The molecule has 0 aliphatic heterocycles. The van der Waals surface area contributed by atoms with Gasteiger partial charge in [-0.3, -0.25) is 9.89 Å². The Labute approximate surface area is 124 Å². The van der Waals surface area contributed by atoms with Crippen molar-refractivity contribution in [1.82, 2.24) is 15.5 Å². The van der Waals surface area contributed by atoms with Crippen LogP contribution in [0.3, 0.4) is 0 Å². The monoisotopic (exact) mass is 286 g/mol. The number of benzene rings is 1. The molecule has 1 amide bonds. The SMILES string of the molecule is CC(C)(C)[C@@H](N)C(=O)NCc1ccc(-c2ccn[nH]2)cc1. The fraction of sp³-hybridized carbons (Fsp3) is 0.375. The van der Waals surface area contributed by atoms with Crippen molar-refractivity contribution in [2.75, 3.05) is 0 Å².